The number of hydrogen-bond acceptors (Lipinski definition) is 2. The monoisotopic (exact) mass is 138 g/mol. The highest BCUT2D eigenvalue weighted by Gasteiger charge is 2.05. The standard InChI is InChI=1S/C7H10N2O/c1-3-5(7(9)10)6(8)4-2/h3-4,8H,2H2,1H3,(H2,9,10)/b5-3+,8-6?. The molecule has 0 aliphatic rings. The lowest BCUT2D eigenvalue weighted by Crippen LogP contribution is -2.18. The zero-order valence-electron chi connectivity index (χ0n) is 5.85. The van der Waals surface area contributed by atoms with Crippen LogP contribution >= 0.6 is 0 Å². The fraction of sp³-hybridized carbons (Fsp3) is 0.143. The SMILES string of the molecule is C=CC(=N)/C(=C\C)C(N)=O. The van der Waals surface area contributed by atoms with E-state index in [1.807, 2.05) is 0 Å². The van der Waals surface area contributed by atoms with Gasteiger partial charge in [-0.25, -0.2) is 0 Å². The van der Waals surface area contributed by atoms with Gasteiger partial charge in [-0.2, -0.15) is 0 Å². The lowest BCUT2D eigenvalue weighted by atomic mass is 10.1. The molecule has 0 spiro atoms. The van der Waals surface area contributed by atoms with Crippen molar-refractivity contribution in [2.75, 3.05) is 0 Å². The van der Waals surface area contributed by atoms with Crippen molar-refractivity contribution in [3.05, 3.63) is 24.3 Å². The zero-order valence-corrected chi connectivity index (χ0v) is 5.85. The molecule has 54 valence electrons. The molecular weight excluding hydrogens is 128 g/mol. The second-order valence-corrected chi connectivity index (χ2v) is 1.68. The summed E-state index contributed by atoms with van der Waals surface area (Å²) < 4.78 is 0. The number of allylic oxidation sites excluding steroid dienone is 2. The van der Waals surface area contributed by atoms with E-state index in [9.17, 15) is 4.79 Å². The van der Waals surface area contributed by atoms with E-state index in [-0.39, 0.29) is 11.3 Å². The maximum Gasteiger partial charge on any atom is 0.250 e. The van der Waals surface area contributed by atoms with Crippen LogP contribution in [-0.2, 0) is 4.79 Å². The van der Waals surface area contributed by atoms with Gasteiger partial charge in [-0.15, -0.1) is 0 Å². The lowest BCUT2D eigenvalue weighted by molar-refractivity contribution is -0.114. The van der Waals surface area contributed by atoms with Gasteiger partial charge < -0.3 is 11.1 Å². The fourth-order valence-electron chi connectivity index (χ4n) is 0.540. The van der Waals surface area contributed by atoms with Crippen LogP contribution in [0.25, 0.3) is 0 Å². The van der Waals surface area contributed by atoms with Crippen molar-refractivity contribution >= 4 is 11.6 Å². The van der Waals surface area contributed by atoms with E-state index in [0.29, 0.717) is 0 Å². The molecule has 0 rings (SSSR count). The van der Waals surface area contributed by atoms with Crippen molar-refractivity contribution in [1.82, 2.24) is 0 Å². The van der Waals surface area contributed by atoms with Crippen LogP contribution in [0, 0.1) is 5.41 Å². The maximum absolute atomic E-state index is 10.5. The molecule has 0 heterocycles. The molecule has 3 N–H and O–H groups in total. The van der Waals surface area contributed by atoms with Gasteiger partial charge in [-0.05, 0) is 13.0 Å². The van der Waals surface area contributed by atoms with Crippen molar-refractivity contribution in [2.24, 2.45) is 5.73 Å². The predicted molar refractivity (Wildman–Crippen MR) is 40.9 cm³/mol. The Morgan fingerprint density at radius 3 is 2.30 bits per heavy atom. The molecule has 3 nitrogen and oxygen atoms in total. The van der Waals surface area contributed by atoms with Crippen molar-refractivity contribution in [1.29, 1.82) is 5.41 Å². The average molecular weight is 138 g/mol. The normalized spacial score (nSPS) is 10.7. The molecule has 0 aromatic carbocycles. The summed E-state index contributed by atoms with van der Waals surface area (Å²) in [6.07, 6.45) is 2.77. The summed E-state index contributed by atoms with van der Waals surface area (Å²) >= 11 is 0. The topological polar surface area (TPSA) is 66.9 Å². The molecule has 0 saturated carbocycles. The highest BCUT2D eigenvalue weighted by atomic mass is 16.1. The van der Waals surface area contributed by atoms with Crippen LogP contribution in [0.5, 0.6) is 0 Å². The first kappa shape index (κ1) is 8.62. The van der Waals surface area contributed by atoms with Crippen LogP contribution in [0.2, 0.25) is 0 Å². The summed E-state index contributed by atoms with van der Waals surface area (Å²) in [5.74, 6) is -0.590. The van der Waals surface area contributed by atoms with Crippen molar-refractivity contribution in [3.8, 4) is 0 Å². The van der Waals surface area contributed by atoms with Gasteiger partial charge in [0, 0.05) is 0 Å². The maximum atomic E-state index is 10.5. The molecule has 10 heavy (non-hydrogen) atoms. The molecule has 1 amide bonds. The number of carbonyl (C=O) groups is 1. The summed E-state index contributed by atoms with van der Waals surface area (Å²) in [6, 6.07) is 0. The number of nitrogens with one attached hydrogen (secondary N) is 1. The highest BCUT2D eigenvalue weighted by molar-refractivity contribution is 6.23. The minimum Gasteiger partial charge on any atom is -0.366 e. The Balaban J connectivity index is 4.54. The van der Waals surface area contributed by atoms with Crippen LogP contribution < -0.4 is 5.73 Å². The molecule has 0 aliphatic heterocycles. The van der Waals surface area contributed by atoms with E-state index in [4.69, 9.17) is 11.1 Å². The van der Waals surface area contributed by atoms with Gasteiger partial charge in [0.05, 0.1) is 11.3 Å². The summed E-state index contributed by atoms with van der Waals surface area (Å²) in [7, 11) is 0. The van der Waals surface area contributed by atoms with Crippen LogP contribution in [0.3, 0.4) is 0 Å². The largest absolute Gasteiger partial charge is 0.366 e. The van der Waals surface area contributed by atoms with E-state index in [1.54, 1.807) is 6.92 Å². The number of nitrogens with two attached hydrogens (primary N) is 1. The molecule has 0 radical (unpaired) electrons. The number of hydrogen-bond donors (Lipinski definition) is 2. The third-order valence-electron chi connectivity index (χ3n) is 1.05. The third-order valence-corrected chi connectivity index (χ3v) is 1.05. The number of primary amides is 1. The Labute approximate surface area is 59.7 Å². The molecule has 0 fully saturated rings. The van der Waals surface area contributed by atoms with E-state index >= 15 is 0 Å². The predicted octanol–water partition coefficient (Wildman–Crippen LogP) is 0.624. The second-order valence-electron chi connectivity index (χ2n) is 1.68. The van der Waals surface area contributed by atoms with E-state index < -0.39 is 5.91 Å². The van der Waals surface area contributed by atoms with Gasteiger partial charge >= 0.3 is 0 Å². The first-order chi connectivity index (χ1) is 4.63. The number of rotatable bonds is 3. The molecule has 0 aromatic heterocycles. The van der Waals surface area contributed by atoms with Crippen molar-refractivity contribution in [3.63, 3.8) is 0 Å². The Morgan fingerprint density at radius 2 is 2.20 bits per heavy atom. The summed E-state index contributed by atoms with van der Waals surface area (Å²) in [5.41, 5.74) is 5.20. The van der Waals surface area contributed by atoms with Gasteiger partial charge in [0.15, 0.2) is 0 Å². The molecule has 0 aliphatic carbocycles. The first-order valence-electron chi connectivity index (χ1n) is 2.81. The van der Waals surface area contributed by atoms with E-state index in [2.05, 4.69) is 6.58 Å². The molecule has 0 atom stereocenters. The average Bonchev–Trinajstić information content (AvgIpc) is 1.88. The summed E-state index contributed by atoms with van der Waals surface area (Å²) in [6.45, 7) is 4.99. The smallest absolute Gasteiger partial charge is 0.250 e. The fourth-order valence-corrected chi connectivity index (χ4v) is 0.540. The molecule has 3 heteroatoms. The van der Waals surface area contributed by atoms with Gasteiger partial charge in [0.2, 0.25) is 0 Å². The molecular formula is C7H10N2O. The third kappa shape index (κ3) is 1.85. The van der Waals surface area contributed by atoms with Crippen LogP contribution in [0.1, 0.15) is 6.92 Å². The Kier molecular flexibility index (Phi) is 3.11. The first-order valence-corrected chi connectivity index (χ1v) is 2.81. The molecule has 0 aromatic rings. The minimum absolute atomic E-state index is 0.0648. The van der Waals surface area contributed by atoms with Gasteiger partial charge in [-0.1, -0.05) is 12.7 Å². The van der Waals surface area contributed by atoms with Crippen LogP contribution in [-0.4, -0.2) is 11.6 Å². The van der Waals surface area contributed by atoms with Crippen LogP contribution in [0.4, 0.5) is 0 Å². The van der Waals surface area contributed by atoms with E-state index in [0.717, 1.165) is 0 Å². The van der Waals surface area contributed by atoms with Gasteiger partial charge in [-0.3, -0.25) is 4.79 Å². The highest BCUT2D eigenvalue weighted by Crippen LogP contribution is 1.95. The van der Waals surface area contributed by atoms with Gasteiger partial charge in [0.25, 0.3) is 5.91 Å². The van der Waals surface area contributed by atoms with Crippen molar-refractivity contribution < 1.29 is 4.79 Å². The Bertz CT molecular complexity index is 204. The van der Waals surface area contributed by atoms with Crippen molar-refractivity contribution in [2.45, 2.75) is 6.92 Å². The molecule has 0 saturated heterocycles. The zero-order chi connectivity index (χ0) is 8.15. The number of carbonyl (C=O) groups excluding carboxylic acids is 1. The lowest BCUT2D eigenvalue weighted by Gasteiger charge is -1.96. The Morgan fingerprint density at radius 1 is 1.70 bits per heavy atom. The summed E-state index contributed by atoms with van der Waals surface area (Å²) in [4.78, 5) is 10.5. The summed E-state index contributed by atoms with van der Waals surface area (Å²) in [5, 5.41) is 7.14. The minimum atomic E-state index is -0.590. The molecule has 0 unspecified atom stereocenters. The molecule has 0 bridgehead atoms. The van der Waals surface area contributed by atoms with Crippen LogP contribution in [0.15, 0.2) is 24.3 Å². The van der Waals surface area contributed by atoms with Gasteiger partial charge in [0.1, 0.15) is 0 Å². The quantitative estimate of drug-likeness (QED) is 0.435. The second kappa shape index (κ2) is 3.61. The number of amides is 1. The van der Waals surface area contributed by atoms with E-state index in [1.165, 1.54) is 12.2 Å². The Hall–Kier alpha value is -1.38.